The van der Waals surface area contributed by atoms with Crippen LogP contribution in [0.2, 0.25) is 0 Å². The minimum Gasteiger partial charge on any atom is -0.341 e. The fourth-order valence-electron chi connectivity index (χ4n) is 1.90. The van der Waals surface area contributed by atoms with E-state index in [1.54, 1.807) is 16.8 Å². The Kier molecular flexibility index (Phi) is 2.91. The van der Waals surface area contributed by atoms with E-state index >= 15 is 0 Å². The molecule has 1 aromatic heterocycles. The van der Waals surface area contributed by atoms with E-state index in [0.717, 1.165) is 25.5 Å². The Hall–Kier alpha value is -1.62. The first-order chi connectivity index (χ1) is 8.78. The SMILES string of the molecule is Fc1cccc(-n2nc(CCl)nc2N2CCC2)c1. The van der Waals surface area contributed by atoms with Crippen LogP contribution in [-0.2, 0) is 5.88 Å². The van der Waals surface area contributed by atoms with Crippen LogP contribution < -0.4 is 4.90 Å². The fraction of sp³-hybridized carbons (Fsp3) is 0.333. The molecule has 0 amide bonds. The number of nitrogens with zero attached hydrogens (tertiary/aromatic N) is 4. The van der Waals surface area contributed by atoms with Crippen LogP contribution in [0, 0.1) is 5.82 Å². The van der Waals surface area contributed by atoms with Crippen LogP contribution in [0.1, 0.15) is 12.2 Å². The number of hydrogen-bond acceptors (Lipinski definition) is 3. The number of aromatic nitrogens is 3. The Morgan fingerprint density at radius 1 is 1.33 bits per heavy atom. The maximum atomic E-state index is 13.3. The Morgan fingerprint density at radius 3 is 2.78 bits per heavy atom. The minimum atomic E-state index is -0.287. The third-order valence-corrected chi connectivity index (χ3v) is 3.18. The molecule has 94 valence electrons. The summed E-state index contributed by atoms with van der Waals surface area (Å²) in [6, 6.07) is 6.31. The first-order valence-corrected chi connectivity index (χ1v) is 6.34. The summed E-state index contributed by atoms with van der Waals surface area (Å²) in [4.78, 5) is 6.49. The largest absolute Gasteiger partial charge is 0.341 e. The molecule has 0 bridgehead atoms. The van der Waals surface area contributed by atoms with Crippen molar-refractivity contribution in [3.63, 3.8) is 0 Å². The first kappa shape index (κ1) is 11.5. The van der Waals surface area contributed by atoms with Crippen molar-refractivity contribution in [3.8, 4) is 5.69 Å². The summed E-state index contributed by atoms with van der Waals surface area (Å²) < 4.78 is 14.9. The second-order valence-electron chi connectivity index (χ2n) is 4.19. The summed E-state index contributed by atoms with van der Waals surface area (Å²) in [5, 5.41) is 4.31. The predicted molar refractivity (Wildman–Crippen MR) is 67.7 cm³/mol. The van der Waals surface area contributed by atoms with Gasteiger partial charge in [-0.2, -0.15) is 9.67 Å². The Morgan fingerprint density at radius 2 is 2.17 bits per heavy atom. The first-order valence-electron chi connectivity index (χ1n) is 5.81. The molecule has 2 heterocycles. The fourth-order valence-corrected chi connectivity index (χ4v) is 2.02. The van der Waals surface area contributed by atoms with Crippen LogP contribution in [0.5, 0.6) is 0 Å². The quantitative estimate of drug-likeness (QED) is 0.800. The molecule has 0 atom stereocenters. The average molecular weight is 267 g/mol. The van der Waals surface area contributed by atoms with Crippen LogP contribution in [0.3, 0.4) is 0 Å². The molecular weight excluding hydrogens is 255 g/mol. The zero-order valence-electron chi connectivity index (χ0n) is 9.68. The molecule has 4 nitrogen and oxygen atoms in total. The Bertz CT molecular complexity index is 565. The highest BCUT2D eigenvalue weighted by Gasteiger charge is 2.22. The average Bonchev–Trinajstić information content (AvgIpc) is 2.71. The minimum absolute atomic E-state index is 0.253. The zero-order valence-corrected chi connectivity index (χ0v) is 10.4. The summed E-state index contributed by atoms with van der Waals surface area (Å²) in [7, 11) is 0. The van der Waals surface area contributed by atoms with Crippen LogP contribution in [-0.4, -0.2) is 27.9 Å². The molecule has 1 aliphatic heterocycles. The highest BCUT2D eigenvalue weighted by atomic mass is 35.5. The van der Waals surface area contributed by atoms with Gasteiger partial charge in [-0.3, -0.25) is 0 Å². The maximum Gasteiger partial charge on any atom is 0.228 e. The van der Waals surface area contributed by atoms with Crippen LogP contribution in [0.15, 0.2) is 24.3 Å². The van der Waals surface area contributed by atoms with Crippen molar-refractivity contribution >= 4 is 17.5 Å². The van der Waals surface area contributed by atoms with Crippen LogP contribution in [0.25, 0.3) is 5.69 Å². The molecule has 6 heteroatoms. The molecule has 1 aromatic carbocycles. The number of anilines is 1. The number of benzene rings is 1. The molecular formula is C12H12ClFN4. The van der Waals surface area contributed by atoms with Crippen molar-refractivity contribution in [1.82, 2.24) is 14.8 Å². The molecule has 1 saturated heterocycles. The van der Waals surface area contributed by atoms with Gasteiger partial charge in [0.2, 0.25) is 5.95 Å². The molecule has 3 rings (SSSR count). The van der Waals surface area contributed by atoms with Crippen molar-refractivity contribution in [2.24, 2.45) is 0 Å². The van der Waals surface area contributed by atoms with Crippen molar-refractivity contribution in [3.05, 3.63) is 35.9 Å². The van der Waals surface area contributed by atoms with Crippen LogP contribution >= 0.6 is 11.6 Å². The van der Waals surface area contributed by atoms with Gasteiger partial charge in [0, 0.05) is 13.1 Å². The predicted octanol–water partition coefficient (Wildman–Crippen LogP) is 2.36. The molecule has 0 aliphatic carbocycles. The van der Waals surface area contributed by atoms with Crippen molar-refractivity contribution < 1.29 is 4.39 Å². The standard InChI is InChI=1S/C12H12ClFN4/c13-8-11-15-12(17-5-2-6-17)18(16-11)10-4-1-3-9(14)7-10/h1,3-4,7H,2,5-6,8H2. The second-order valence-corrected chi connectivity index (χ2v) is 4.46. The van der Waals surface area contributed by atoms with Gasteiger partial charge in [-0.1, -0.05) is 6.07 Å². The number of rotatable bonds is 3. The van der Waals surface area contributed by atoms with Crippen molar-refractivity contribution in [2.75, 3.05) is 18.0 Å². The normalized spacial score (nSPS) is 14.7. The van der Waals surface area contributed by atoms with Crippen molar-refractivity contribution in [2.45, 2.75) is 12.3 Å². The third kappa shape index (κ3) is 1.95. The van der Waals surface area contributed by atoms with E-state index in [0.29, 0.717) is 11.5 Å². The van der Waals surface area contributed by atoms with E-state index in [1.807, 2.05) is 0 Å². The molecule has 1 fully saturated rings. The van der Waals surface area contributed by atoms with E-state index in [9.17, 15) is 4.39 Å². The van der Waals surface area contributed by atoms with Gasteiger partial charge < -0.3 is 4.90 Å². The molecule has 0 N–H and O–H groups in total. The topological polar surface area (TPSA) is 34.0 Å². The smallest absolute Gasteiger partial charge is 0.228 e. The lowest BCUT2D eigenvalue weighted by Gasteiger charge is -2.31. The van der Waals surface area contributed by atoms with Gasteiger partial charge in [-0.15, -0.1) is 16.7 Å². The molecule has 0 saturated carbocycles. The van der Waals surface area contributed by atoms with Gasteiger partial charge in [-0.05, 0) is 24.6 Å². The van der Waals surface area contributed by atoms with Gasteiger partial charge >= 0.3 is 0 Å². The van der Waals surface area contributed by atoms with Crippen molar-refractivity contribution in [1.29, 1.82) is 0 Å². The monoisotopic (exact) mass is 266 g/mol. The van der Waals surface area contributed by atoms with E-state index in [4.69, 9.17) is 11.6 Å². The lowest BCUT2D eigenvalue weighted by Crippen LogP contribution is -2.39. The van der Waals surface area contributed by atoms with Gasteiger partial charge in [-0.25, -0.2) is 4.39 Å². The summed E-state index contributed by atoms with van der Waals surface area (Å²) in [5.41, 5.74) is 0.667. The van der Waals surface area contributed by atoms with Crippen LogP contribution in [0.4, 0.5) is 10.3 Å². The maximum absolute atomic E-state index is 13.3. The summed E-state index contributed by atoms with van der Waals surface area (Å²) in [6.07, 6.45) is 1.15. The molecule has 0 spiro atoms. The van der Waals surface area contributed by atoms with E-state index in [2.05, 4.69) is 15.0 Å². The van der Waals surface area contributed by atoms with Gasteiger partial charge in [0.1, 0.15) is 5.82 Å². The summed E-state index contributed by atoms with van der Waals surface area (Å²) in [6.45, 7) is 1.91. The zero-order chi connectivity index (χ0) is 12.5. The number of halogens is 2. The molecule has 2 aromatic rings. The molecule has 0 unspecified atom stereocenters. The van der Waals surface area contributed by atoms with E-state index < -0.39 is 0 Å². The lowest BCUT2D eigenvalue weighted by atomic mass is 10.2. The Balaban J connectivity index is 2.06. The number of alkyl halides is 1. The van der Waals surface area contributed by atoms with Gasteiger partial charge in [0.15, 0.2) is 5.82 Å². The number of hydrogen-bond donors (Lipinski definition) is 0. The van der Waals surface area contributed by atoms with E-state index in [-0.39, 0.29) is 11.7 Å². The Labute approximate surface area is 109 Å². The highest BCUT2D eigenvalue weighted by molar-refractivity contribution is 6.16. The van der Waals surface area contributed by atoms with Gasteiger partial charge in [0.25, 0.3) is 0 Å². The second kappa shape index (κ2) is 4.57. The molecule has 0 radical (unpaired) electrons. The lowest BCUT2D eigenvalue weighted by molar-refractivity contribution is 0.589. The van der Waals surface area contributed by atoms with E-state index in [1.165, 1.54) is 12.1 Å². The van der Waals surface area contributed by atoms with Gasteiger partial charge in [0.05, 0.1) is 11.6 Å². The summed E-state index contributed by atoms with van der Waals surface area (Å²) >= 11 is 5.77. The third-order valence-electron chi connectivity index (χ3n) is 2.95. The summed E-state index contributed by atoms with van der Waals surface area (Å²) in [5.74, 6) is 1.26. The molecule has 1 aliphatic rings. The highest BCUT2D eigenvalue weighted by Crippen LogP contribution is 2.23. The molecule has 18 heavy (non-hydrogen) atoms.